The molecule has 1 heterocycles. The van der Waals surface area contributed by atoms with Gasteiger partial charge in [0.1, 0.15) is 11.1 Å². The molecule has 0 atom stereocenters. The highest BCUT2D eigenvalue weighted by atomic mass is 35.5. The van der Waals surface area contributed by atoms with Crippen LogP contribution in [0.5, 0.6) is 11.5 Å². The van der Waals surface area contributed by atoms with E-state index in [0.29, 0.717) is 33.5 Å². The molecule has 0 bridgehead atoms. The minimum atomic E-state index is -0.227. The molecule has 0 aliphatic rings. The van der Waals surface area contributed by atoms with Gasteiger partial charge in [-0.05, 0) is 30.3 Å². The van der Waals surface area contributed by atoms with E-state index in [1.165, 1.54) is 11.3 Å². The SMILES string of the molecule is COc1cccc(-c2nc(CC(=O)Nc3ccc(C#N)c(Cl)c3)cs2)c1OC. The molecule has 6 nitrogen and oxygen atoms in total. The first-order valence-corrected chi connectivity index (χ1v) is 9.46. The molecular formula is C20H16ClN3O3S. The molecule has 2 aromatic carbocycles. The molecule has 0 spiro atoms. The summed E-state index contributed by atoms with van der Waals surface area (Å²) in [6, 6.07) is 12.3. The third kappa shape index (κ3) is 4.25. The fourth-order valence-electron chi connectivity index (χ4n) is 2.62. The fourth-order valence-corrected chi connectivity index (χ4v) is 3.68. The lowest BCUT2D eigenvalue weighted by molar-refractivity contribution is -0.115. The van der Waals surface area contributed by atoms with Crippen LogP contribution in [0.15, 0.2) is 41.8 Å². The summed E-state index contributed by atoms with van der Waals surface area (Å²) in [5, 5.41) is 14.5. The van der Waals surface area contributed by atoms with Gasteiger partial charge in [0.2, 0.25) is 5.91 Å². The number of nitriles is 1. The van der Waals surface area contributed by atoms with E-state index in [1.807, 2.05) is 29.6 Å². The van der Waals surface area contributed by atoms with Crippen LogP contribution in [0.25, 0.3) is 10.6 Å². The summed E-state index contributed by atoms with van der Waals surface area (Å²) >= 11 is 7.41. The van der Waals surface area contributed by atoms with Crippen molar-refractivity contribution in [2.24, 2.45) is 0 Å². The number of amides is 1. The number of carbonyl (C=O) groups is 1. The van der Waals surface area contributed by atoms with Gasteiger partial charge >= 0.3 is 0 Å². The molecule has 0 fully saturated rings. The van der Waals surface area contributed by atoms with Crippen LogP contribution >= 0.6 is 22.9 Å². The van der Waals surface area contributed by atoms with Crippen LogP contribution in [-0.4, -0.2) is 25.1 Å². The summed E-state index contributed by atoms with van der Waals surface area (Å²) in [6.07, 6.45) is 0.112. The summed E-state index contributed by atoms with van der Waals surface area (Å²) in [5.74, 6) is 0.991. The molecule has 1 amide bonds. The van der Waals surface area contributed by atoms with E-state index in [1.54, 1.807) is 32.4 Å². The molecule has 1 aromatic heterocycles. The molecule has 8 heteroatoms. The number of nitrogens with zero attached hydrogens (tertiary/aromatic N) is 2. The van der Waals surface area contributed by atoms with E-state index in [9.17, 15) is 4.79 Å². The summed E-state index contributed by atoms with van der Waals surface area (Å²) in [7, 11) is 3.15. The number of benzene rings is 2. The number of hydrogen-bond acceptors (Lipinski definition) is 6. The minimum Gasteiger partial charge on any atom is -0.493 e. The zero-order chi connectivity index (χ0) is 20.1. The standard InChI is InChI=1S/C20H16ClN3O3S/c1-26-17-5-3-4-15(19(17)27-2)20-24-14(11-28-20)9-18(25)23-13-7-6-12(10-22)16(21)8-13/h3-8,11H,9H2,1-2H3,(H,23,25). The van der Waals surface area contributed by atoms with E-state index in [2.05, 4.69) is 10.3 Å². The number of thiazole rings is 1. The van der Waals surface area contributed by atoms with Gasteiger partial charge in [0.25, 0.3) is 0 Å². The Labute approximate surface area is 171 Å². The normalized spacial score (nSPS) is 10.2. The Hall–Kier alpha value is -3.08. The molecule has 0 saturated heterocycles. The third-order valence-electron chi connectivity index (χ3n) is 3.90. The molecule has 0 saturated carbocycles. The molecule has 0 unspecified atom stereocenters. The number of methoxy groups -OCH3 is 2. The van der Waals surface area contributed by atoms with Crippen molar-refractivity contribution < 1.29 is 14.3 Å². The maximum Gasteiger partial charge on any atom is 0.230 e. The van der Waals surface area contributed by atoms with Crippen molar-refractivity contribution in [3.8, 4) is 28.1 Å². The van der Waals surface area contributed by atoms with Crippen LogP contribution in [0.1, 0.15) is 11.3 Å². The van der Waals surface area contributed by atoms with Crippen molar-refractivity contribution in [1.82, 2.24) is 4.98 Å². The number of nitrogens with one attached hydrogen (secondary N) is 1. The lowest BCUT2D eigenvalue weighted by Crippen LogP contribution is -2.14. The number of carbonyl (C=O) groups excluding carboxylic acids is 1. The minimum absolute atomic E-state index is 0.112. The summed E-state index contributed by atoms with van der Waals surface area (Å²) in [6.45, 7) is 0. The molecule has 1 N–H and O–H groups in total. The van der Waals surface area contributed by atoms with Crippen molar-refractivity contribution in [3.63, 3.8) is 0 Å². The van der Waals surface area contributed by atoms with Crippen molar-refractivity contribution >= 4 is 34.5 Å². The van der Waals surface area contributed by atoms with Gasteiger partial charge in [0, 0.05) is 11.1 Å². The van der Waals surface area contributed by atoms with Gasteiger partial charge < -0.3 is 14.8 Å². The highest BCUT2D eigenvalue weighted by Gasteiger charge is 2.16. The van der Waals surface area contributed by atoms with Crippen molar-refractivity contribution in [1.29, 1.82) is 5.26 Å². The van der Waals surface area contributed by atoms with Crippen molar-refractivity contribution in [2.45, 2.75) is 6.42 Å². The van der Waals surface area contributed by atoms with E-state index < -0.39 is 0 Å². The number of halogens is 1. The highest BCUT2D eigenvalue weighted by molar-refractivity contribution is 7.13. The van der Waals surface area contributed by atoms with Gasteiger partial charge in [-0.25, -0.2) is 4.98 Å². The topological polar surface area (TPSA) is 84.2 Å². The van der Waals surface area contributed by atoms with Crippen LogP contribution in [-0.2, 0) is 11.2 Å². The molecule has 0 aliphatic carbocycles. The van der Waals surface area contributed by atoms with Gasteiger partial charge in [-0.1, -0.05) is 17.7 Å². The first kappa shape index (κ1) is 19.7. The zero-order valence-electron chi connectivity index (χ0n) is 15.2. The van der Waals surface area contributed by atoms with Crippen LogP contribution in [0, 0.1) is 11.3 Å². The third-order valence-corrected chi connectivity index (χ3v) is 5.14. The summed E-state index contributed by atoms with van der Waals surface area (Å²) < 4.78 is 10.8. The maximum atomic E-state index is 12.3. The molecular weight excluding hydrogens is 398 g/mol. The Morgan fingerprint density at radius 2 is 2.11 bits per heavy atom. The lowest BCUT2D eigenvalue weighted by Gasteiger charge is -2.10. The predicted molar refractivity (Wildman–Crippen MR) is 109 cm³/mol. The molecule has 28 heavy (non-hydrogen) atoms. The van der Waals surface area contributed by atoms with E-state index in [0.717, 1.165) is 10.6 Å². The number of aromatic nitrogens is 1. The quantitative estimate of drug-likeness (QED) is 0.641. The molecule has 142 valence electrons. The van der Waals surface area contributed by atoms with Gasteiger partial charge in [-0.15, -0.1) is 11.3 Å². The van der Waals surface area contributed by atoms with E-state index >= 15 is 0 Å². The largest absolute Gasteiger partial charge is 0.493 e. The average molecular weight is 414 g/mol. The van der Waals surface area contributed by atoms with Gasteiger partial charge in [0.05, 0.1) is 42.5 Å². The first-order valence-electron chi connectivity index (χ1n) is 8.21. The van der Waals surface area contributed by atoms with E-state index in [-0.39, 0.29) is 12.3 Å². The Balaban J connectivity index is 1.74. The second kappa shape index (κ2) is 8.74. The highest BCUT2D eigenvalue weighted by Crippen LogP contribution is 2.39. The monoisotopic (exact) mass is 413 g/mol. The Bertz CT molecular complexity index is 1060. The Morgan fingerprint density at radius 3 is 2.79 bits per heavy atom. The summed E-state index contributed by atoms with van der Waals surface area (Å²) in [5.41, 5.74) is 2.33. The number of anilines is 1. The van der Waals surface area contributed by atoms with Crippen molar-refractivity contribution in [3.05, 3.63) is 58.1 Å². The fraction of sp³-hybridized carbons (Fsp3) is 0.150. The van der Waals surface area contributed by atoms with E-state index in [4.69, 9.17) is 26.3 Å². The second-order valence-electron chi connectivity index (χ2n) is 5.72. The van der Waals surface area contributed by atoms with Crippen LogP contribution in [0.3, 0.4) is 0 Å². The van der Waals surface area contributed by atoms with Crippen LogP contribution in [0.4, 0.5) is 5.69 Å². The molecule has 0 radical (unpaired) electrons. The van der Waals surface area contributed by atoms with Gasteiger partial charge in [0.15, 0.2) is 11.5 Å². The maximum absolute atomic E-state index is 12.3. The molecule has 0 aliphatic heterocycles. The summed E-state index contributed by atoms with van der Waals surface area (Å²) in [4.78, 5) is 16.9. The van der Waals surface area contributed by atoms with Crippen LogP contribution < -0.4 is 14.8 Å². The number of ether oxygens (including phenoxy) is 2. The number of hydrogen-bond donors (Lipinski definition) is 1. The molecule has 3 rings (SSSR count). The average Bonchev–Trinajstić information content (AvgIpc) is 3.15. The Kier molecular flexibility index (Phi) is 6.14. The second-order valence-corrected chi connectivity index (χ2v) is 6.98. The first-order chi connectivity index (χ1) is 13.5. The lowest BCUT2D eigenvalue weighted by atomic mass is 10.2. The van der Waals surface area contributed by atoms with Crippen molar-refractivity contribution in [2.75, 3.05) is 19.5 Å². The number of para-hydroxylation sites is 1. The predicted octanol–water partition coefficient (Wildman–Crippen LogP) is 4.53. The smallest absolute Gasteiger partial charge is 0.230 e. The zero-order valence-corrected chi connectivity index (χ0v) is 16.7. The Morgan fingerprint density at radius 1 is 1.29 bits per heavy atom. The van der Waals surface area contributed by atoms with Gasteiger partial charge in [-0.2, -0.15) is 5.26 Å². The van der Waals surface area contributed by atoms with Crippen LogP contribution in [0.2, 0.25) is 5.02 Å². The number of rotatable bonds is 6. The van der Waals surface area contributed by atoms with Gasteiger partial charge in [-0.3, -0.25) is 4.79 Å². The molecule has 3 aromatic rings.